The van der Waals surface area contributed by atoms with E-state index in [1.807, 2.05) is 18.2 Å². The topological polar surface area (TPSA) is 27.1 Å². The van der Waals surface area contributed by atoms with Gasteiger partial charge in [0, 0.05) is 18.2 Å². The van der Waals surface area contributed by atoms with E-state index in [2.05, 4.69) is 23.4 Å². The van der Waals surface area contributed by atoms with E-state index >= 15 is 0 Å². The van der Waals surface area contributed by atoms with Crippen LogP contribution in [0.15, 0.2) is 18.2 Å². The summed E-state index contributed by atoms with van der Waals surface area (Å²) in [6.45, 7) is 4.77. The molecule has 0 saturated carbocycles. The highest BCUT2D eigenvalue weighted by molar-refractivity contribution is 6.31. The number of methoxy groups -OCH3 is 1. The van der Waals surface area contributed by atoms with Crippen molar-refractivity contribution in [2.45, 2.75) is 26.5 Å². The maximum absolute atomic E-state index is 6.01. The van der Waals surface area contributed by atoms with Crippen LogP contribution in [0.3, 0.4) is 0 Å². The number of rotatable bonds is 3. The zero-order valence-electron chi connectivity index (χ0n) is 9.70. The third-order valence-electron chi connectivity index (χ3n) is 2.51. The lowest BCUT2D eigenvalue weighted by atomic mass is 10.3. The first-order valence-corrected chi connectivity index (χ1v) is 5.66. The molecule has 1 aromatic carbocycles. The van der Waals surface area contributed by atoms with Gasteiger partial charge in [0.1, 0.15) is 12.4 Å². The number of fused-ring (bicyclic) bond motifs is 1. The zero-order chi connectivity index (χ0) is 11.7. The van der Waals surface area contributed by atoms with Gasteiger partial charge in [0.25, 0.3) is 0 Å². The Labute approximate surface area is 100.0 Å². The molecule has 3 nitrogen and oxygen atoms in total. The summed E-state index contributed by atoms with van der Waals surface area (Å²) in [6.07, 6.45) is 0. The van der Waals surface area contributed by atoms with Gasteiger partial charge in [0.15, 0.2) is 0 Å². The van der Waals surface area contributed by atoms with Crippen molar-refractivity contribution < 1.29 is 4.74 Å². The van der Waals surface area contributed by atoms with Gasteiger partial charge in [-0.15, -0.1) is 0 Å². The second kappa shape index (κ2) is 4.44. The number of halogens is 1. The molecule has 0 aliphatic carbocycles. The number of aromatic nitrogens is 2. The summed E-state index contributed by atoms with van der Waals surface area (Å²) >= 11 is 6.01. The SMILES string of the molecule is COCc1nc2ccc(Cl)cc2n1C(C)C. The molecule has 0 unspecified atom stereocenters. The van der Waals surface area contributed by atoms with Gasteiger partial charge in [-0.3, -0.25) is 0 Å². The van der Waals surface area contributed by atoms with Crippen molar-refractivity contribution in [2.24, 2.45) is 0 Å². The smallest absolute Gasteiger partial charge is 0.136 e. The van der Waals surface area contributed by atoms with E-state index < -0.39 is 0 Å². The molecule has 1 aromatic heterocycles. The van der Waals surface area contributed by atoms with Gasteiger partial charge in [0.2, 0.25) is 0 Å². The molecule has 0 aliphatic rings. The van der Waals surface area contributed by atoms with Crippen LogP contribution in [-0.2, 0) is 11.3 Å². The first kappa shape index (κ1) is 11.4. The molecule has 0 fully saturated rings. The fourth-order valence-electron chi connectivity index (χ4n) is 1.92. The number of benzene rings is 1. The first-order chi connectivity index (χ1) is 7.63. The van der Waals surface area contributed by atoms with Crippen molar-refractivity contribution >= 4 is 22.6 Å². The minimum Gasteiger partial charge on any atom is -0.377 e. The van der Waals surface area contributed by atoms with Gasteiger partial charge >= 0.3 is 0 Å². The molecule has 0 amide bonds. The highest BCUT2D eigenvalue weighted by Gasteiger charge is 2.12. The summed E-state index contributed by atoms with van der Waals surface area (Å²) in [5.41, 5.74) is 2.03. The van der Waals surface area contributed by atoms with Gasteiger partial charge in [0.05, 0.1) is 11.0 Å². The van der Waals surface area contributed by atoms with Crippen LogP contribution < -0.4 is 0 Å². The van der Waals surface area contributed by atoms with Gasteiger partial charge in [-0.1, -0.05) is 11.6 Å². The number of hydrogen-bond acceptors (Lipinski definition) is 2. The molecule has 86 valence electrons. The summed E-state index contributed by atoms with van der Waals surface area (Å²) in [6, 6.07) is 6.09. The molecule has 0 atom stereocenters. The molecule has 0 bridgehead atoms. The Morgan fingerprint density at radius 3 is 2.81 bits per heavy atom. The van der Waals surface area contributed by atoms with Crippen molar-refractivity contribution in [2.75, 3.05) is 7.11 Å². The number of hydrogen-bond donors (Lipinski definition) is 0. The Morgan fingerprint density at radius 1 is 1.44 bits per heavy atom. The van der Waals surface area contributed by atoms with E-state index in [0.29, 0.717) is 12.6 Å². The Bertz CT molecular complexity index is 505. The largest absolute Gasteiger partial charge is 0.377 e. The van der Waals surface area contributed by atoms with E-state index in [1.54, 1.807) is 7.11 Å². The molecule has 16 heavy (non-hydrogen) atoms. The van der Waals surface area contributed by atoms with Crippen LogP contribution in [0.25, 0.3) is 11.0 Å². The maximum Gasteiger partial charge on any atom is 0.136 e. The summed E-state index contributed by atoms with van der Waals surface area (Å²) in [5.74, 6) is 0.940. The van der Waals surface area contributed by atoms with E-state index in [4.69, 9.17) is 16.3 Å². The van der Waals surface area contributed by atoms with Gasteiger partial charge < -0.3 is 9.30 Å². The molecule has 4 heteroatoms. The van der Waals surface area contributed by atoms with Crippen LogP contribution in [0.5, 0.6) is 0 Å². The molecule has 0 radical (unpaired) electrons. The summed E-state index contributed by atoms with van der Waals surface area (Å²) in [7, 11) is 1.68. The number of ether oxygens (including phenoxy) is 1. The average Bonchev–Trinajstić information content (AvgIpc) is 2.55. The van der Waals surface area contributed by atoms with Crippen molar-refractivity contribution in [3.63, 3.8) is 0 Å². The minimum absolute atomic E-state index is 0.341. The van der Waals surface area contributed by atoms with Gasteiger partial charge in [-0.25, -0.2) is 4.98 Å². The summed E-state index contributed by atoms with van der Waals surface area (Å²) in [4.78, 5) is 4.54. The van der Waals surface area contributed by atoms with Crippen molar-refractivity contribution in [1.82, 2.24) is 9.55 Å². The van der Waals surface area contributed by atoms with Crippen molar-refractivity contribution in [3.05, 3.63) is 29.0 Å². The van der Waals surface area contributed by atoms with Crippen LogP contribution in [0.4, 0.5) is 0 Å². The van der Waals surface area contributed by atoms with E-state index in [-0.39, 0.29) is 0 Å². The zero-order valence-corrected chi connectivity index (χ0v) is 10.5. The highest BCUT2D eigenvalue weighted by Crippen LogP contribution is 2.24. The van der Waals surface area contributed by atoms with Gasteiger partial charge in [-0.05, 0) is 32.0 Å². The van der Waals surface area contributed by atoms with Crippen LogP contribution in [0.1, 0.15) is 25.7 Å². The Balaban J connectivity index is 2.67. The highest BCUT2D eigenvalue weighted by atomic mass is 35.5. The van der Waals surface area contributed by atoms with Crippen molar-refractivity contribution in [3.8, 4) is 0 Å². The first-order valence-electron chi connectivity index (χ1n) is 5.28. The molecule has 0 N–H and O–H groups in total. The van der Waals surface area contributed by atoms with Gasteiger partial charge in [-0.2, -0.15) is 0 Å². The molecule has 2 rings (SSSR count). The average molecular weight is 239 g/mol. The van der Waals surface area contributed by atoms with Crippen molar-refractivity contribution in [1.29, 1.82) is 0 Å². The Kier molecular flexibility index (Phi) is 3.17. The third kappa shape index (κ3) is 1.93. The lowest BCUT2D eigenvalue weighted by molar-refractivity contribution is 0.173. The summed E-state index contributed by atoms with van der Waals surface area (Å²) in [5, 5.41) is 0.735. The van der Waals surface area contributed by atoms with Crippen LogP contribution >= 0.6 is 11.6 Å². The lowest BCUT2D eigenvalue weighted by Gasteiger charge is -2.12. The fraction of sp³-hybridized carbons (Fsp3) is 0.417. The predicted molar refractivity (Wildman–Crippen MR) is 65.8 cm³/mol. The monoisotopic (exact) mass is 238 g/mol. The van der Waals surface area contributed by atoms with Crippen LogP contribution in [-0.4, -0.2) is 16.7 Å². The van der Waals surface area contributed by atoms with Crippen LogP contribution in [0, 0.1) is 0 Å². The minimum atomic E-state index is 0.341. The molecular formula is C12H15ClN2O. The normalized spacial score (nSPS) is 11.6. The second-order valence-electron chi connectivity index (χ2n) is 4.06. The Morgan fingerprint density at radius 2 is 2.19 bits per heavy atom. The standard InChI is InChI=1S/C12H15ClN2O/c1-8(2)15-11-6-9(13)4-5-10(11)14-12(15)7-16-3/h4-6,8H,7H2,1-3H3. The lowest BCUT2D eigenvalue weighted by Crippen LogP contribution is -2.06. The number of imidazole rings is 1. The molecule has 0 aliphatic heterocycles. The fourth-order valence-corrected chi connectivity index (χ4v) is 2.09. The quantitative estimate of drug-likeness (QED) is 0.819. The summed E-state index contributed by atoms with van der Waals surface area (Å²) < 4.78 is 7.32. The second-order valence-corrected chi connectivity index (χ2v) is 4.49. The molecular weight excluding hydrogens is 224 g/mol. The predicted octanol–water partition coefficient (Wildman–Crippen LogP) is 3.42. The van der Waals surface area contributed by atoms with E-state index in [0.717, 1.165) is 21.9 Å². The molecule has 1 heterocycles. The molecule has 0 spiro atoms. The molecule has 2 aromatic rings. The third-order valence-corrected chi connectivity index (χ3v) is 2.75. The van der Waals surface area contributed by atoms with E-state index in [1.165, 1.54) is 0 Å². The molecule has 0 saturated heterocycles. The van der Waals surface area contributed by atoms with Crippen LogP contribution in [0.2, 0.25) is 5.02 Å². The number of nitrogens with zero attached hydrogens (tertiary/aromatic N) is 2. The Hall–Kier alpha value is -1.06. The van der Waals surface area contributed by atoms with E-state index in [9.17, 15) is 0 Å². The maximum atomic E-state index is 6.01.